The molecule has 1 aromatic rings. The van der Waals surface area contributed by atoms with Crippen molar-refractivity contribution in [1.29, 1.82) is 0 Å². The zero-order valence-corrected chi connectivity index (χ0v) is 8.30. The van der Waals surface area contributed by atoms with Crippen LogP contribution < -0.4 is 0 Å². The van der Waals surface area contributed by atoms with Crippen LogP contribution in [0.25, 0.3) is 0 Å². The van der Waals surface area contributed by atoms with Crippen molar-refractivity contribution in [2.24, 2.45) is 4.99 Å². The van der Waals surface area contributed by atoms with Gasteiger partial charge in [-0.2, -0.15) is 0 Å². The lowest BCUT2D eigenvalue weighted by Gasteiger charge is -2.14. The van der Waals surface area contributed by atoms with Gasteiger partial charge in [-0.1, -0.05) is 30.3 Å². The van der Waals surface area contributed by atoms with Crippen molar-refractivity contribution in [3.8, 4) is 0 Å². The Bertz CT molecular complexity index is 413. The number of esters is 1. The van der Waals surface area contributed by atoms with Crippen molar-refractivity contribution in [3.05, 3.63) is 35.9 Å². The number of aliphatic hydroxyl groups is 1. The number of nitrogens with zero attached hydrogens (tertiary/aromatic N) is 1. The molecule has 1 unspecified atom stereocenters. The molecule has 0 fully saturated rings. The Morgan fingerprint density at radius 1 is 1.40 bits per heavy atom. The van der Waals surface area contributed by atoms with E-state index in [1.54, 1.807) is 6.92 Å². The Kier molecular flexibility index (Phi) is 2.28. The van der Waals surface area contributed by atoms with Gasteiger partial charge in [-0.15, -0.1) is 0 Å². The number of rotatable bonds is 2. The first-order valence-corrected chi connectivity index (χ1v) is 4.65. The van der Waals surface area contributed by atoms with E-state index in [0.29, 0.717) is 0 Å². The lowest BCUT2D eigenvalue weighted by Crippen LogP contribution is -2.35. The number of ether oxygens (including phenoxy) is 1. The summed E-state index contributed by atoms with van der Waals surface area (Å²) in [6, 6.07) is 9.21. The minimum atomic E-state index is -1.74. The summed E-state index contributed by atoms with van der Waals surface area (Å²) in [4.78, 5) is 15.1. The van der Waals surface area contributed by atoms with Crippen LogP contribution >= 0.6 is 0 Å². The number of aliphatic imine (C=N–C) groups is 1. The topological polar surface area (TPSA) is 58.9 Å². The quantitative estimate of drug-likeness (QED) is 0.729. The van der Waals surface area contributed by atoms with E-state index >= 15 is 0 Å². The third-order valence-corrected chi connectivity index (χ3v) is 2.20. The van der Waals surface area contributed by atoms with Gasteiger partial charge in [-0.25, -0.2) is 9.79 Å². The Labute approximate surface area is 87.2 Å². The summed E-state index contributed by atoms with van der Waals surface area (Å²) in [5.74, 6) is -0.498. The maximum atomic E-state index is 11.3. The van der Waals surface area contributed by atoms with Crippen LogP contribution in [0.5, 0.6) is 0 Å². The monoisotopic (exact) mass is 205 g/mol. The summed E-state index contributed by atoms with van der Waals surface area (Å²) in [5, 5.41) is 9.92. The number of hydrogen-bond acceptors (Lipinski definition) is 4. The fourth-order valence-corrected chi connectivity index (χ4v) is 1.54. The minimum Gasteiger partial charge on any atom is -0.409 e. The highest BCUT2D eigenvalue weighted by atomic mass is 16.6. The van der Waals surface area contributed by atoms with E-state index in [1.807, 2.05) is 30.3 Å². The molecular weight excluding hydrogens is 194 g/mol. The van der Waals surface area contributed by atoms with Crippen molar-refractivity contribution in [2.75, 3.05) is 0 Å². The van der Waals surface area contributed by atoms with Crippen molar-refractivity contribution in [1.82, 2.24) is 0 Å². The lowest BCUT2D eigenvalue weighted by molar-refractivity contribution is -0.151. The second-order valence-electron chi connectivity index (χ2n) is 3.50. The molecule has 1 atom stereocenters. The number of cyclic esters (lactones) is 1. The molecule has 1 aliphatic heterocycles. The maximum Gasteiger partial charge on any atom is 0.368 e. The minimum absolute atomic E-state index is 0.143. The van der Waals surface area contributed by atoms with Gasteiger partial charge >= 0.3 is 5.97 Å². The van der Waals surface area contributed by atoms with Crippen LogP contribution in [0.1, 0.15) is 12.5 Å². The maximum absolute atomic E-state index is 11.3. The summed E-state index contributed by atoms with van der Waals surface area (Å²) in [6.45, 7) is 1.54. The van der Waals surface area contributed by atoms with Gasteiger partial charge in [-0.3, -0.25) is 0 Å². The number of benzene rings is 1. The van der Waals surface area contributed by atoms with Gasteiger partial charge < -0.3 is 9.84 Å². The molecule has 1 aromatic carbocycles. The Balaban J connectivity index is 2.22. The van der Waals surface area contributed by atoms with Crippen LogP contribution in [0.15, 0.2) is 35.3 Å². The first-order valence-electron chi connectivity index (χ1n) is 4.65. The molecule has 2 rings (SSSR count). The largest absolute Gasteiger partial charge is 0.409 e. The van der Waals surface area contributed by atoms with Crippen LogP contribution in [0, 0.1) is 0 Å². The normalized spacial score (nSPS) is 24.9. The predicted molar refractivity (Wildman–Crippen MR) is 54.3 cm³/mol. The van der Waals surface area contributed by atoms with Crippen LogP contribution in [-0.2, 0) is 16.0 Å². The zero-order chi connectivity index (χ0) is 10.9. The zero-order valence-electron chi connectivity index (χ0n) is 8.30. The van der Waals surface area contributed by atoms with Gasteiger partial charge in [0.05, 0.1) is 0 Å². The molecule has 1 heterocycles. The second kappa shape index (κ2) is 3.47. The van der Waals surface area contributed by atoms with Crippen LogP contribution in [0.4, 0.5) is 0 Å². The second-order valence-corrected chi connectivity index (χ2v) is 3.50. The third kappa shape index (κ3) is 1.89. The smallest absolute Gasteiger partial charge is 0.368 e. The van der Waals surface area contributed by atoms with Gasteiger partial charge in [0, 0.05) is 13.3 Å². The molecule has 15 heavy (non-hydrogen) atoms. The van der Waals surface area contributed by atoms with Gasteiger partial charge in [-0.05, 0) is 5.56 Å². The molecule has 4 heteroatoms. The molecule has 0 saturated carbocycles. The summed E-state index contributed by atoms with van der Waals surface area (Å²) in [6.07, 6.45) is 0.143. The van der Waals surface area contributed by atoms with Crippen LogP contribution in [0.3, 0.4) is 0 Å². The fourth-order valence-electron chi connectivity index (χ4n) is 1.54. The lowest BCUT2D eigenvalue weighted by atomic mass is 10.0. The van der Waals surface area contributed by atoms with E-state index < -0.39 is 11.7 Å². The molecular formula is C11H11NO3. The van der Waals surface area contributed by atoms with Gasteiger partial charge in [0.2, 0.25) is 0 Å². The fraction of sp³-hybridized carbons (Fsp3) is 0.273. The van der Waals surface area contributed by atoms with E-state index in [4.69, 9.17) is 4.74 Å². The molecule has 0 aromatic heterocycles. The standard InChI is InChI=1S/C11H11NO3/c1-8-12-11(14,10(13)15-8)7-9-5-3-2-4-6-9/h2-6,14H,7H2,1H3. The number of hydrogen-bond donors (Lipinski definition) is 1. The van der Waals surface area contributed by atoms with Crippen LogP contribution in [-0.4, -0.2) is 22.7 Å². The van der Waals surface area contributed by atoms with E-state index in [0.717, 1.165) is 5.56 Å². The molecule has 78 valence electrons. The molecule has 0 radical (unpaired) electrons. The number of carbonyl (C=O) groups is 1. The molecule has 0 saturated heterocycles. The first-order chi connectivity index (χ1) is 7.10. The Hall–Kier alpha value is -1.68. The van der Waals surface area contributed by atoms with Crippen LogP contribution in [0.2, 0.25) is 0 Å². The molecule has 0 bridgehead atoms. The van der Waals surface area contributed by atoms with E-state index in [2.05, 4.69) is 4.99 Å². The molecule has 1 N–H and O–H groups in total. The van der Waals surface area contributed by atoms with Crippen molar-refractivity contribution in [2.45, 2.75) is 19.1 Å². The molecule has 1 aliphatic rings. The van der Waals surface area contributed by atoms with Crippen molar-refractivity contribution < 1.29 is 14.6 Å². The molecule has 0 aliphatic carbocycles. The van der Waals surface area contributed by atoms with Gasteiger partial charge in [0.1, 0.15) is 0 Å². The summed E-state index contributed by atoms with van der Waals surface area (Å²) in [7, 11) is 0. The van der Waals surface area contributed by atoms with Crippen molar-refractivity contribution in [3.63, 3.8) is 0 Å². The van der Waals surface area contributed by atoms with E-state index in [-0.39, 0.29) is 12.3 Å². The number of carbonyl (C=O) groups excluding carboxylic acids is 1. The highest BCUT2D eigenvalue weighted by molar-refractivity contribution is 5.97. The van der Waals surface area contributed by atoms with E-state index in [9.17, 15) is 9.90 Å². The summed E-state index contributed by atoms with van der Waals surface area (Å²) >= 11 is 0. The van der Waals surface area contributed by atoms with Gasteiger partial charge in [0.15, 0.2) is 5.90 Å². The van der Waals surface area contributed by atoms with Gasteiger partial charge in [0.25, 0.3) is 5.72 Å². The average Bonchev–Trinajstić information content (AvgIpc) is 2.41. The average molecular weight is 205 g/mol. The SMILES string of the molecule is CC1=NC(O)(Cc2ccccc2)C(=O)O1. The molecule has 4 nitrogen and oxygen atoms in total. The van der Waals surface area contributed by atoms with E-state index in [1.165, 1.54) is 0 Å². The Morgan fingerprint density at radius 2 is 2.07 bits per heavy atom. The van der Waals surface area contributed by atoms with Crippen molar-refractivity contribution >= 4 is 11.9 Å². The molecule has 0 spiro atoms. The highest BCUT2D eigenvalue weighted by Gasteiger charge is 2.43. The third-order valence-electron chi connectivity index (χ3n) is 2.20. The summed E-state index contributed by atoms with van der Waals surface area (Å²) in [5.41, 5.74) is -0.902. The highest BCUT2D eigenvalue weighted by Crippen LogP contribution is 2.22. The Morgan fingerprint density at radius 3 is 2.60 bits per heavy atom. The predicted octanol–water partition coefficient (Wildman–Crippen LogP) is 0.893. The summed E-state index contributed by atoms with van der Waals surface area (Å²) < 4.78 is 4.71. The molecule has 0 amide bonds. The first kappa shape index (κ1) is 9.86.